The average Bonchev–Trinajstić information content (AvgIpc) is 2.73. The first-order chi connectivity index (χ1) is 6.28. The van der Waals surface area contributed by atoms with Gasteiger partial charge in [0.05, 0.1) is 6.61 Å². The van der Waals surface area contributed by atoms with Gasteiger partial charge in [0, 0.05) is 11.6 Å². The summed E-state index contributed by atoms with van der Waals surface area (Å²) in [6, 6.07) is 0.699. The third-order valence-electron chi connectivity index (χ3n) is 3.99. The predicted molar refractivity (Wildman–Crippen MR) is 53.7 cm³/mol. The predicted octanol–water partition coefficient (Wildman–Crippen LogP) is 1.78. The van der Waals surface area contributed by atoms with E-state index < -0.39 is 0 Å². The number of rotatable bonds is 2. The van der Waals surface area contributed by atoms with E-state index in [2.05, 4.69) is 11.8 Å². The molecule has 2 fully saturated rings. The van der Waals surface area contributed by atoms with Gasteiger partial charge in [-0.15, -0.1) is 0 Å². The van der Waals surface area contributed by atoms with E-state index in [1.54, 1.807) is 0 Å². The Morgan fingerprint density at radius 3 is 2.46 bits per heavy atom. The molecule has 1 heterocycles. The molecular formula is C11H21NO. The first kappa shape index (κ1) is 9.47. The van der Waals surface area contributed by atoms with Gasteiger partial charge < -0.3 is 5.11 Å². The largest absolute Gasteiger partial charge is 0.394 e. The topological polar surface area (TPSA) is 23.5 Å². The van der Waals surface area contributed by atoms with Crippen LogP contribution >= 0.6 is 0 Å². The van der Waals surface area contributed by atoms with Crippen LogP contribution in [0.3, 0.4) is 0 Å². The zero-order valence-corrected chi connectivity index (χ0v) is 8.63. The molecule has 0 aromatic rings. The summed E-state index contributed by atoms with van der Waals surface area (Å²) in [5.74, 6) is 0. The van der Waals surface area contributed by atoms with Crippen molar-refractivity contribution in [2.24, 2.45) is 0 Å². The van der Waals surface area contributed by atoms with Crippen molar-refractivity contribution in [3.63, 3.8) is 0 Å². The summed E-state index contributed by atoms with van der Waals surface area (Å²) in [6.07, 6.45) is 7.69. The van der Waals surface area contributed by atoms with Crippen molar-refractivity contribution in [1.29, 1.82) is 0 Å². The van der Waals surface area contributed by atoms with E-state index in [0.29, 0.717) is 12.6 Å². The molecule has 0 spiro atoms. The van der Waals surface area contributed by atoms with Crippen molar-refractivity contribution in [2.75, 3.05) is 13.2 Å². The SMILES string of the molecule is CC1CCCN1C1(CO)CCCC1. The molecule has 13 heavy (non-hydrogen) atoms. The molecule has 1 unspecified atom stereocenters. The van der Waals surface area contributed by atoms with Crippen LogP contribution in [0.5, 0.6) is 0 Å². The summed E-state index contributed by atoms with van der Waals surface area (Å²) in [4.78, 5) is 2.57. The summed E-state index contributed by atoms with van der Waals surface area (Å²) < 4.78 is 0. The van der Waals surface area contributed by atoms with E-state index in [1.807, 2.05) is 0 Å². The molecule has 2 aliphatic rings. The Balaban J connectivity index is 2.10. The molecule has 1 aliphatic carbocycles. The molecule has 0 amide bonds. The lowest BCUT2D eigenvalue weighted by Gasteiger charge is -2.40. The van der Waals surface area contributed by atoms with Crippen LogP contribution in [-0.4, -0.2) is 34.7 Å². The van der Waals surface area contributed by atoms with Crippen LogP contribution in [-0.2, 0) is 0 Å². The molecule has 0 aromatic heterocycles. The number of aliphatic hydroxyl groups excluding tert-OH is 1. The molecule has 1 saturated heterocycles. The second-order valence-electron chi connectivity index (χ2n) is 4.77. The van der Waals surface area contributed by atoms with Crippen LogP contribution in [0, 0.1) is 0 Å². The fourth-order valence-electron chi connectivity index (χ4n) is 3.21. The lowest BCUT2D eigenvalue weighted by Crippen LogP contribution is -2.51. The van der Waals surface area contributed by atoms with Crippen LogP contribution < -0.4 is 0 Å². The highest BCUT2D eigenvalue weighted by Crippen LogP contribution is 2.39. The van der Waals surface area contributed by atoms with Gasteiger partial charge in [0.15, 0.2) is 0 Å². The third-order valence-corrected chi connectivity index (χ3v) is 3.99. The highest BCUT2D eigenvalue weighted by Gasteiger charge is 2.42. The molecule has 1 atom stereocenters. The fraction of sp³-hybridized carbons (Fsp3) is 1.00. The van der Waals surface area contributed by atoms with Crippen LogP contribution in [0.25, 0.3) is 0 Å². The molecule has 1 N–H and O–H groups in total. The Labute approximate surface area is 80.9 Å². The number of hydrogen-bond acceptors (Lipinski definition) is 2. The maximum Gasteiger partial charge on any atom is 0.0615 e. The van der Waals surface area contributed by atoms with E-state index in [1.165, 1.54) is 45.1 Å². The Hall–Kier alpha value is -0.0800. The monoisotopic (exact) mass is 183 g/mol. The quantitative estimate of drug-likeness (QED) is 0.705. The van der Waals surface area contributed by atoms with Crippen molar-refractivity contribution in [3.05, 3.63) is 0 Å². The lowest BCUT2D eigenvalue weighted by atomic mass is 9.95. The summed E-state index contributed by atoms with van der Waals surface area (Å²) >= 11 is 0. The summed E-state index contributed by atoms with van der Waals surface area (Å²) in [6.45, 7) is 3.89. The smallest absolute Gasteiger partial charge is 0.0615 e. The zero-order valence-electron chi connectivity index (χ0n) is 8.63. The zero-order chi connectivity index (χ0) is 9.31. The van der Waals surface area contributed by atoms with Gasteiger partial charge in [0.1, 0.15) is 0 Å². The van der Waals surface area contributed by atoms with Crippen molar-refractivity contribution in [2.45, 2.75) is 57.0 Å². The standard InChI is InChI=1S/C11H21NO/c1-10-5-4-8-12(10)11(9-13)6-2-3-7-11/h10,13H,2-9H2,1H3. The van der Waals surface area contributed by atoms with Crippen LogP contribution in [0.1, 0.15) is 45.4 Å². The summed E-state index contributed by atoms with van der Waals surface area (Å²) in [5, 5.41) is 9.55. The lowest BCUT2D eigenvalue weighted by molar-refractivity contribution is 0.0288. The van der Waals surface area contributed by atoms with E-state index in [9.17, 15) is 5.11 Å². The van der Waals surface area contributed by atoms with Gasteiger partial charge in [0.2, 0.25) is 0 Å². The molecule has 1 saturated carbocycles. The number of aliphatic hydroxyl groups is 1. The van der Waals surface area contributed by atoms with Gasteiger partial charge >= 0.3 is 0 Å². The Kier molecular flexibility index (Phi) is 2.61. The molecular weight excluding hydrogens is 162 g/mol. The van der Waals surface area contributed by atoms with Crippen LogP contribution in [0.4, 0.5) is 0 Å². The molecule has 2 rings (SSSR count). The molecule has 1 aliphatic heterocycles. The van der Waals surface area contributed by atoms with Crippen molar-refractivity contribution >= 4 is 0 Å². The summed E-state index contributed by atoms with van der Waals surface area (Å²) in [5.41, 5.74) is 0.177. The van der Waals surface area contributed by atoms with Gasteiger partial charge in [-0.2, -0.15) is 0 Å². The van der Waals surface area contributed by atoms with E-state index >= 15 is 0 Å². The fourth-order valence-corrected chi connectivity index (χ4v) is 3.21. The minimum Gasteiger partial charge on any atom is -0.394 e. The average molecular weight is 183 g/mol. The Morgan fingerprint density at radius 1 is 1.31 bits per heavy atom. The minimum atomic E-state index is 0.177. The van der Waals surface area contributed by atoms with Crippen LogP contribution in [0.2, 0.25) is 0 Å². The molecule has 0 aromatic carbocycles. The first-order valence-electron chi connectivity index (χ1n) is 5.66. The third kappa shape index (κ3) is 1.50. The molecule has 0 radical (unpaired) electrons. The van der Waals surface area contributed by atoms with Gasteiger partial charge in [-0.1, -0.05) is 12.8 Å². The van der Waals surface area contributed by atoms with Gasteiger partial charge in [0.25, 0.3) is 0 Å². The van der Waals surface area contributed by atoms with Crippen LogP contribution in [0.15, 0.2) is 0 Å². The van der Waals surface area contributed by atoms with Crippen molar-refractivity contribution < 1.29 is 5.11 Å². The second-order valence-corrected chi connectivity index (χ2v) is 4.77. The van der Waals surface area contributed by atoms with Crippen molar-refractivity contribution in [3.8, 4) is 0 Å². The normalized spacial score (nSPS) is 34.2. The van der Waals surface area contributed by atoms with Gasteiger partial charge in [-0.25, -0.2) is 0 Å². The highest BCUT2D eigenvalue weighted by molar-refractivity contribution is 4.98. The molecule has 2 nitrogen and oxygen atoms in total. The van der Waals surface area contributed by atoms with Crippen molar-refractivity contribution in [1.82, 2.24) is 4.90 Å². The molecule has 76 valence electrons. The molecule has 0 bridgehead atoms. The number of hydrogen-bond donors (Lipinski definition) is 1. The summed E-state index contributed by atoms with van der Waals surface area (Å²) in [7, 11) is 0. The Bertz CT molecular complexity index is 175. The number of likely N-dealkylation sites (tertiary alicyclic amines) is 1. The maximum absolute atomic E-state index is 9.55. The second kappa shape index (κ2) is 3.58. The first-order valence-corrected chi connectivity index (χ1v) is 5.66. The maximum atomic E-state index is 9.55. The van der Waals surface area contributed by atoms with Gasteiger partial charge in [-0.3, -0.25) is 4.90 Å². The highest BCUT2D eigenvalue weighted by atomic mass is 16.3. The van der Waals surface area contributed by atoms with E-state index in [-0.39, 0.29) is 5.54 Å². The van der Waals surface area contributed by atoms with Gasteiger partial charge in [-0.05, 0) is 39.2 Å². The molecule has 2 heteroatoms. The number of nitrogens with zero attached hydrogens (tertiary/aromatic N) is 1. The Morgan fingerprint density at radius 2 is 2.00 bits per heavy atom. The minimum absolute atomic E-state index is 0.177. The van der Waals surface area contributed by atoms with E-state index in [0.717, 1.165) is 0 Å². The van der Waals surface area contributed by atoms with E-state index in [4.69, 9.17) is 0 Å².